The van der Waals surface area contributed by atoms with Gasteiger partial charge in [0.25, 0.3) is 0 Å². The number of hydrogen-bond donors (Lipinski definition) is 0. The van der Waals surface area contributed by atoms with Crippen LogP contribution in [0.2, 0.25) is 0 Å². The number of esters is 1. The van der Waals surface area contributed by atoms with Gasteiger partial charge in [-0.15, -0.1) is 0 Å². The van der Waals surface area contributed by atoms with Crippen molar-refractivity contribution in [2.24, 2.45) is 0 Å². The Labute approximate surface area is 116 Å². The minimum Gasteiger partial charge on any atom is -0.466 e. The van der Waals surface area contributed by atoms with Gasteiger partial charge < -0.3 is 14.5 Å². The van der Waals surface area contributed by atoms with Crippen LogP contribution in [0.5, 0.6) is 0 Å². The molecule has 0 rings (SSSR count). The topological polar surface area (TPSA) is 49.9 Å². The molecule has 0 aromatic carbocycles. The van der Waals surface area contributed by atoms with E-state index in [0.29, 0.717) is 26.1 Å². The molecular formula is C14H28N2O3. The quantitative estimate of drug-likeness (QED) is 0.566. The largest absolute Gasteiger partial charge is 0.466 e. The second-order valence-corrected chi connectivity index (χ2v) is 4.84. The van der Waals surface area contributed by atoms with Crippen molar-refractivity contribution < 1.29 is 14.3 Å². The van der Waals surface area contributed by atoms with Crippen LogP contribution in [0.25, 0.3) is 0 Å². The van der Waals surface area contributed by atoms with Crippen LogP contribution in [0, 0.1) is 0 Å². The highest BCUT2D eigenvalue weighted by atomic mass is 16.5. The zero-order chi connectivity index (χ0) is 14.7. The lowest BCUT2D eigenvalue weighted by Crippen LogP contribution is -2.35. The van der Waals surface area contributed by atoms with Gasteiger partial charge in [-0.3, -0.25) is 9.59 Å². The maximum Gasteiger partial charge on any atom is 0.307 e. The van der Waals surface area contributed by atoms with E-state index in [-0.39, 0.29) is 18.3 Å². The molecule has 0 aromatic heterocycles. The van der Waals surface area contributed by atoms with Gasteiger partial charge in [0, 0.05) is 19.5 Å². The number of amides is 1. The summed E-state index contributed by atoms with van der Waals surface area (Å²) >= 11 is 0. The van der Waals surface area contributed by atoms with Crippen molar-refractivity contribution in [1.29, 1.82) is 0 Å². The Morgan fingerprint density at radius 1 is 1.00 bits per heavy atom. The predicted molar refractivity (Wildman–Crippen MR) is 75.9 cm³/mol. The zero-order valence-corrected chi connectivity index (χ0v) is 12.8. The summed E-state index contributed by atoms with van der Waals surface area (Å²) in [4.78, 5) is 27.2. The summed E-state index contributed by atoms with van der Waals surface area (Å²) < 4.78 is 4.89. The van der Waals surface area contributed by atoms with Gasteiger partial charge in [0.2, 0.25) is 5.91 Å². The van der Waals surface area contributed by atoms with E-state index >= 15 is 0 Å². The summed E-state index contributed by atoms with van der Waals surface area (Å²) in [5.41, 5.74) is 0. The third-order valence-corrected chi connectivity index (χ3v) is 2.74. The molecule has 0 unspecified atom stereocenters. The van der Waals surface area contributed by atoms with Gasteiger partial charge in [-0.25, -0.2) is 0 Å². The highest BCUT2D eigenvalue weighted by Crippen LogP contribution is 2.02. The van der Waals surface area contributed by atoms with Crippen molar-refractivity contribution in [3.63, 3.8) is 0 Å². The van der Waals surface area contributed by atoms with Crippen molar-refractivity contribution in [2.45, 2.75) is 39.5 Å². The Kier molecular flexibility index (Phi) is 10.2. The number of hydrogen-bond acceptors (Lipinski definition) is 4. The zero-order valence-electron chi connectivity index (χ0n) is 12.8. The second-order valence-electron chi connectivity index (χ2n) is 4.84. The number of ether oxygens (including phenoxy) is 1. The normalized spacial score (nSPS) is 10.6. The summed E-state index contributed by atoms with van der Waals surface area (Å²) in [6.45, 7) is 6.27. The van der Waals surface area contributed by atoms with Crippen LogP contribution < -0.4 is 0 Å². The number of carbonyl (C=O) groups excluding carboxylic acids is 2. The van der Waals surface area contributed by atoms with E-state index in [1.54, 1.807) is 11.8 Å². The van der Waals surface area contributed by atoms with Gasteiger partial charge >= 0.3 is 5.97 Å². The Balaban J connectivity index is 4.17. The van der Waals surface area contributed by atoms with E-state index in [1.807, 2.05) is 21.0 Å². The molecule has 0 atom stereocenters. The smallest absolute Gasteiger partial charge is 0.307 e. The molecule has 0 radical (unpaired) electrons. The molecule has 0 saturated heterocycles. The van der Waals surface area contributed by atoms with E-state index in [9.17, 15) is 9.59 Å². The number of rotatable bonds is 10. The average molecular weight is 272 g/mol. The molecule has 0 aliphatic carbocycles. The maximum absolute atomic E-state index is 11.9. The highest BCUT2D eigenvalue weighted by molar-refractivity contribution is 5.77. The molecule has 0 spiro atoms. The number of nitrogens with zero attached hydrogens (tertiary/aromatic N) is 2. The molecular weight excluding hydrogens is 244 g/mol. The molecule has 0 heterocycles. The maximum atomic E-state index is 11.9. The van der Waals surface area contributed by atoms with Crippen LogP contribution in [-0.2, 0) is 14.3 Å². The molecule has 112 valence electrons. The lowest BCUT2D eigenvalue weighted by Gasteiger charge is -2.23. The van der Waals surface area contributed by atoms with Crippen molar-refractivity contribution in [3.05, 3.63) is 0 Å². The SMILES string of the molecule is CCCC(=O)N(CCCN(C)C)CCC(=O)OCC. The molecule has 1 amide bonds. The minimum atomic E-state index is -0.232. The van der Waals surface area contributed by atoms with Crippen LogP contribution in [-0.4, -0.2) is 62.0 Å². The van der Waals surface area contributed by atoms with Crippen LogP contribution in [0.15, 0.2) is 0 Å². The fourth-order valence-electron chi connectivity index (χ4n) is 1.77. The molecule has 0 bridgehead atoms. The molecule has 0 N–H and O–H groups in total. The minimum absolute atomic E-state index is 0.130. The van der Waals surface area contributed by atoms with Crippen LogP contribution in [0.3, 0.4) is 0 Å². The molecule has 5 heteroatoms. The molecule has 0 aromatic rings. The second kappa shape index (κ2) is 10.8. The summed E-state index contributed by atoms with van der Waals surface area (Å²) in [7, 11) is 4.02. The Bertz CT molecular complexity index is 267. The van der Waals surface area contributed by atoms with Crippen molar-refractivity contribution >= 4 is 11.9 Å². The number of carbonyl (C=O) groups is 2. The first kappa shape index (κ1) is 17.9. The van der Waals surface area contributed by atoms with Gasteiger partial charge in [0.1, 0.15) is 0 Å². The molecule has 0 aliphatic heterocycles. The first-order valence-electron chi connectivity index (χ1n) is 7.09. The molecule has 5 nitrogen and oxygen atoms in total. The van der Waals surface area contributed by atoms with E-state index in [0.717, 1.165) is 19.4 Å². The average Bonchev–Trinajstić information content (AvgIpc) is 2.33. The molecule has 0 saturated carbocycles. The van der Waals surface area contributed by atoms with Crippen molar-refractivity contribution in [3.8, 4) is 0 Å². The Morgan fingerprint density at radius 3 is 2.21 bits per heavy atom. The van der Waals surface area contributed by atoms with Gasteiger partial charge in [0.05, 0.1) is 13.0 Å². The van der Waals surface area contributed by atoms with E-state index in [2.05, 4.69) is 4.90 Å². The first-order valence-corrected chi connectivity index (χ1v) is 7.09. The highest BCUT2D eigenvalue weighted by Gasteiger charge is 2.14. The van der Waals surface area contributed by atoms with Crippen molar-refractivity contribution in [2.75, 3.05) is 40.3 Å². The van der Waals surface area contributed by atoms with Gasteiger partial charge in [-0.05, 0) is 40.4 Å². The fourth-order valence-corrected chi connectivity index (χ4v) is 1.77. The van der Waals surface area contributed by atoms with E-state index in [4.69, 9.17) is 4.74 Å². The van der Waals surface area contributed by atoms with Gasteiger partial charge in [-0.1, -0.05) is 6.92 Å². The predicted octanol–water partition coefficient (Wildman–Crippen LogP) is 1.52. The van der Waals surface area contributed by atoms with Crippen molar-refractivity contribution in [1.82, 2.24) is 9.80 Å². The van der Waals surface area contributed by atoms with Crippen LogP contribution in [0.1, 0.15) is 39.5 Å². The van der Waals surface area contributed by atoms with Gasteiger partial charge in [-0.2, -0.15) is 0 Å². The summed E-state index contributed by atoms with van der Waals surface area (Å²) in [6.07, 6.45) is 2.59. The summed E-state index contributed by atoms with van der Waals surface area (Å²) in [6, 6.07) is 0. The molecule has 0 fully saturated rings. The third kappa shape index (κ3) is 9.47. The summed E-state index contributed by atoms with van der Waals surface area (Å²) in [5, 5.41) is 0. The van der Waals surface area contributed by atoms with E-state index in [1.165, 1.54) is 0 Å². The lowest BCUT2D eigenvalue weighted by atomic mass is 10.2. The lowest BCUT2D eigenvalue weighted by molar-refractivity contribution is -0.144. The standard InChI is InChI=1S/C14H28N2O3/c1-5-8-13(17)16(11-7-10-15(3)4)12-9-14(18)19-6-2/h5-12H2,1-4H3. The molecule has 19 heavy (non-hydrogen) atoms. The monoisotopic (exact) mass is 272 g/mol. The Morgan fingerprint density at radius 2 is 1.68 bits per heavy atom. The molecule has 0 aliphatic rings. The van der Waals surface area contributed by atoms with Crippen LogP contribution >= 0.6 is 0 Å². The Hall–Kier alpha value is -1.10. The third-order valence-electron chi connectivity index (χ3n) is 2.74. The first-order chi connectivity index (χ1) is 9.01. The summed E-state index contributed by atoms with van der Waals surface area (Å²) in [5.74, 6) is -0.102. The van der Waals surface area contributed by atoms with Crippen LogP contribution in [0.4, 0.5) is 0 Å². The van der Waals surface area contributed by atoms with Gasteiger partial charge in [0.15, 0.2) is 0 Å². The fraction of sp³-hybridized carbons (Fsp3) is 0.857. The van der Waals surface area contributed by atoms with E-state index < -0.39 is 0 Å².